The number of ether oxygens (including phenoxy) is 1. The molecular formula is C18H15FN4O2. The van der Waals surface area contributed by atoms with Crippen LogP contribution in [-0.2, 0) is 17.9 Å². The minimum absolute atomic E-state index is 0.0726. The molecule has 126 valence electrons. The number of rotatable bonds is 4. The average Bonchev–Trinajstić information content (AvgIpc) is 3.05. The van der Waals surface area contributed by atoms with E-state index in [-0.39, 0.29) is 19.1 Å². The molecule has 0 fully saturated rings. The molecule has 4 rings (SSSR count). The molecule has 2 heterocycles. The van der Waals surface area contributed by atoms with Crippen molar-refractivity contribution in [3.63, 3.8) is 0 Å². The van der Waals surface area contributed by atoms with Gasteiger partial charge in [-0.2, -0.15) is 0 Å². The fourth-order valence-electron chi connectivity index (χ4n) is 2.77. The van der Waals surface area contributed by atoms with Crippen molar-refractivity contribution in [2.75, 3.05) is 11.5 Å². The lowest BCUT2D eigenvalue weighted by Gasteiger charge is -2.28. The highest BCUT2D eigenvalue weighted by Crippen LogP contribution is 2.33. The van der Waals surface area contributed by atoms with Gasteiger partial charge in [0.05, 0.1) is 25.0 Å². The van der Waals surface area contributed by atoms with Gasteiger partial charge in [0.1, 0.15) is 17.3 Å². The largest absolute Gasteiger partial charge is 0.482 e. The summed E-state index contributed by atoms with van der Waals surface area (Å²) in [5.41, 5.74) is 2.14. The molecule has 0 aliphatic carbocycles. The van der Waals surface area contributed by atoms with Gasteiger partial charge in [0.2, 0.25) is 0 Å². The number of aromatic nitrogens is 3. The Morgan fingerprint density at radius 1 is 1.12 bits per heavy atom. The lowest BCUT2D eigenvalue weighted by Crippen LogP contribution is -2.38. The van der Waals surface area contributed by atoms with Crippen LogP contribution < -0.4 is 9.64 Å². The van der Waals surface area contributed by atoms with Crippen molar-refractivity contribution in [3.05, 3.63) is 71.8 Å². The third kappa shape index (κ3) is 3.21. The second kappa shape index (κ2) is 6.35. The number of fused-ring (bicyclic) bond motifs is 1. The molecule has 0 N–H and O–H groups in total. The molecule has 1 aliphatic heterocycles. The third-order valence-corrected chi connectivity index (χ3v) is 3.96. The lowest BCUT2D eigenvalue weighted by molar-refractivity contribution is -0.121. The molecule has 0 spiro atoms. The van der Waals surface area contributed by atoms with E-state index in [9.17, 15) is 9.18 Å². The Bertz CT molecular complexity index is 910. The molecule has 0 saturated heterocycles. The SMILES string of the molecule is O=C1COc2ccc(F)cc2N1Cc1cn(Cc2ccccc2)nn1. The number of amides is 1. The van der Waals surface area contributed by atoms with Crippen molar-refractivity contribution < 1.29 is 13.9 Å². The Labute approximate surface area is 143 Å². The van der Waals surface area contributed by atoms with Crippen molar-refractivity contribution in [3.8, 4) is 5.75 Å². The summed E-state index contributed by atoms with van der Waals surface area (Å²) >= 11 is 0. The lowest BCUT2D eigenvalue weighted by atomic mass is 10.2. The first-order valence-electron chi connectivity index (χ1n) is 7.85. The van der Waals surface area contributed by atoms with Gasteiger partial charge in [0.15, 0.2) is 6.61 Å². The summed E-state index contributed by atoms with van der Waals surface area (Å²) in [6, 6.07) is 14.0. The first-order valence-corrected chi connectivity index (χ1v) is 7.85. The molecule has 0 radical (unpaired) electrons. The standard InChI is InChI=1S/C18H15FN4O2/c19-14-6-7-17-16(8-14)23(18(24)12-25-17)11-15-10-22(21-20-15)9-13-4-2-1-3-5-13/h1-8,10H,9,11-12H2. The van der Waals surface area contributed by atoms with Gasteiger partial charge in [-0.15, -0.1) is 5.10 Å². The minimum Gasteiger partial charge on any atom is -0.482 e. The van der Waals surface area contributed by atoms with E-state index < -0.39 is 5.82 Å². The Kier molecular flexibility index (Phi) is 3.89. The zero-order valence-electron chi connectivity index (χ0n) is 13.3. The number of nitrogens with zero attached hydrogens (tertiary/aromatic N) is 4. The van der Waals surface area contributed by atoms with Gasteiger partial charge < -0.3 is 4.74 Å². The summed E-state index contributed by atoms with van der Waals surface area (Å²) in [6.07, 6.45) is 1.79. The monoisotopic (exact) mass is 338 g/mol. The highest BCUT2D eigenvalue weighted by atomic mass is 19.1. The highest BCUT2D eigenvalue weighted by Gasteiger charge is 2.26. The van der Waals surface area contributed by atoms with E-state index in [0.717, 1.165) is 5.56 Å². The van der Waals surface area contributed by atoms with E-state index in [1.807, 2.05) is 30.3 Å². The molecule has 2 aromatic carbocycles. The topological polar surface area (TPSA) is 60.2 Å². The Balaban J connectivity index is 1.55. The van der Waals surface area contributed by atoms with Crippen LogP contribution in [0.2, 0.25) is 0 Å². The second-order valence-electron chi connectivity index (χ2n) is 5.77. The van der Waals surface area contributed by atoms with Crippen molar-refractivity contribution >= 4 is 11.6 Å². The Hall–Kier alpha value is -3.22. The number of benzene rings is 2. The Morgan fingerprint density at radius 2 is 1.96 bits per heavy atom. The number of hydrogen-bond donors (Lipinski definition) is 0. The maximum Gasteiger partial charge on any atom is 0.265 e. The third-order valence-electron chi connectivity index (χ3n) is 3.96. The highest BCUT2D eigenvalue weighted by molar-refractivity contribution is 5.97. The van der Waals surface area contributed by atoms with Crippen molar-refractivity contribution in [2.45, 2.75) is 13.1 Å². The molecule has 1 aliphatic rings. The van der Waals surface area contributed by atoms with Crippen LogP contribution >= 0.6 is 0 Å². The molecule has 3 aromatic rings. The van der Waals surface area contributed by atoms with Gasteiger partial charge in [-0.25, -0.2) is 9.07 Å². The average molecular weight is 338 g/mol. The van der Waals surface area contributed by atoms with Crippen LogP contribution in [-0.4, -0.2) is 27.5 Å². The summed E-state index contributed by atoms with van der Waals surface area (Å²) in [7, 11) is 0. The van der Waals surface area contributed by atoms with E-state index in [2.05, 4.69) is 10.3 Å². The zero-order valence-corrected chi connectivity index (χ0v) is 13.3. The second-order valence-corrected chi connectivity index (χ2v) is 5.77. The summed E-state index contributed by atoms with van der Waals surface area (Å²) in [4.78, 5) is 13.7. The van der Waals surface area contributed by atoms with Gasteiger partial charge in [-0.05, 0) is 17.7 Å². The van der Waals surface area contributed by atoms with E-state index in [1.165, 1.54) is 23.1 Å². The van der Waals surface area contributed by atoms with Crippen LogP contribution in [0.25, 0.3) is 0 Å². The fourth-order valence-corrected chi connectivity index (χ4v) is 2.77. The first-order chi connectivity index (χ1) is 12.2. The normalized spacial score (nSPS) is 13.5. The number of hydrogen-bond acceptors (Lipinski definition) is 4. The molecule has 7 heteroatoms. The van der Waals surface area contributed by atoms with Crippen LogP contribution in [0, 0.1) is 5.82 Å². The van der Waals surface area contributed by atoms with Crippen LogP contribution in [0.15, 0.2) is 54.7 Å². The van der Waals surface area contributed by atoms with Crippen molar-refractivity contribution in [2.24, 2.45) is 0 Å². The van der Waals surface area contributed by atoms with E-state index in [0.29, 0.717) is 23.7 Å². The molecule has 1 amide bonds. The van der Waals surface area contributed by atoms with Crippen molar-refractivity contribution in [1.29, 1.82) is 0 Å². The first kappa shape index (κ1) is 15.3. The maximum absolute atomic E-state index is 13.6. The molecule has 1 aromatic heterocycles. The zero-order chi connectivity index (χ0) is 17.2. The van der Waals surface area contributed by atoms with E-state index in [1.54, 1.807) is 10.9 Å². The van der Waals surface area contributed by atoms with Crippen LogP contribution in [0.4, 0.5) is 10.1 Å². The predicted molar refractivity (Wildman–Crippen MR) is 88.7 cm³/mol. The summed E-state index contributed by atoms with van der Waals surface area (Å²) in [5, 5.41) is 8.22. The number of carbonyl (C=O) groups excluding carboxylic acids is 1. The van der Waals surface area contributed by atoms with E-state index in [4.69, 9.17) is 4.74 Å². The van der Waals surface area contributed by atoms with Gasteiger partial charge in [0, 0.05) is 6.07 Å². The minimum atomic E-state index is -0.421. The maximum atomic E-state index is 13.6. The summed E-state index contributed by atoms with van der Waals surface area (Å²) in [6.45, 7) is 0.736. The van der Waals surface area contributed by atoms with Crippen LogP contribution in [0.5, 0.6) is 5.75 Å². The summed E-state index contributed by atoms with van der Waals surface area (Å²) < 4.78 is 20.6. The van der Waals surface area contributed by atoms with Gasteiger partial charge in [-0.3, -0.25) is 9.69 Å². The summed E-state index contributed by atoms with van der Waals surface area (Å²) in [5.74, 6) is -0.178. The molecular weight excluding hydrogens is 323 g/mol. The predicted octanol–water partition coefficient (Wildman–Crippen LogP) is 2.39. The fraction of sp³-hybridized carbons (Fsp3) is 0.167. The smallest absolute Gasteiger partial charge is 0.265 e. The molecule has 0 unspecified atom stereocenters. The molecule has 25 heavy (non-hydrogen) atoms. The Morgan fingerprint density at radius 3 is 2.80 bits per heavy atom. The molecule has 0 atom stereocenters. The molecule has 0 bridgehead atoms. The number of anilines is 1. The number of carbonyl (C=O) groups is 1. The van der Waals surface area contributed by atoms with Gasteiger partial charge in [0.25, 0.3) is 5.91 Å². The quantitative estimate of drug-likeness (QED) is 0.733. The molecule has 0 saturated carbocycles. The van der Waals surface area contributed by atoms with Crippen molar-refractivity contribution in [1.82, 2.24) is 15.0 Å². The van der Waals surface area contributed by atoms with Crippen LogP contribution in [0.1, 0.15) is 11.3 Å². The van der Waals surface area contributed by atoms with Gasteiger partial charge in [-0.1, -0.05) is 35.5 Å². The van der Waals surface area contributed by atoms with E-state index >= 15 is 0 Å². The molecule has 6 nitrogen and oxygen atoms in total. The van der Waals surface area contributed by atoms with Crippen LogP contribution in [0.3, 0.4) is 0 Å². The van der Waals surface area contributed by atoms with Gasteiger partial charge >= 0.3 is 0 Å². The number of halogens is 1.